The predicted molar refractivity (Wildman–Crippen MR) is 87.1 cm³/mol. The molecule has 22 heavy (non-hydrogen) atoms. The number of nitrogens with one attached hydrogen (secondary N) is 1. The summed E-state index contributed by atoms with van der Waals surface area (Å²) in [6.45, 7) is 5.31. The van der Waals surface area contributed by atoms with Gasteiger partial charge >= 0.3 is 0 Å². The lowest BCUT2D eigenvalue weighted by atomic mass is 9.87. The zero-order chi connectivity index (χ0) is 15.7. The number of carbonyl (C=O) groups excluding carboxylic acids is 1. The lowest BCUT2D eigenvalue weighted by Crippen LogP contribution is -2.54. The molecule has 2 aliphatic rings. The van der Waals surface area contributed by atoms with Crippen LogP contribution < -0.4 is 5.32 Å². The number of aromatic hydroxyl groups is 1. The van der Waals surface area contributed by atoms with Gasteiger partial charge in [0.2, 0.25) is 0 Å². The molecule has 120 valence electrons. The number of aryl methyl sites for hydroxylation is 1. The van der Waals surface area contributed by atoms with E-state index in [0.29, 0.717) is 17.6 Å². The van der Waals surface area contributed by atoms with Crippen molar-refractivity contribution in [3.05, 3.63) is 29.3 Å². The number of phenols is 1. The zero-order valence-corrected chi connectivity index (χ0v) is 13.5. The molecule has 0 unspecified atom stereocenters. The molecule has 2 N–H and O–H groups in total. The van der Waals surface area contributed by atoms with E-state index in [4.69, 9.17) is 0 Å². The van der Waals surface area contributed by atoms with Crippen LogP contribution in [0.25, 0.3) is 0 Å². The standard InChI is InChI=1S/C18H26N2O2/c1-12-6-7-17(21)16(10-12)18(22)19-14-8-9-20-13(2)4-3-5-15(20)11-14/h6-7,10,13-15,21H,3-5,8-9,11H2,1-2H3,(H,19,22)/t13-,14+,15-/m1/s1. The van der Waals surface area contributed by atoms with Crippen molar-refractivity contribution < 1.29 is 9.90 Å². The number of benzene rings is 1. The molecular formula is C18H26N2O2. The van der Waals surface area contributed by atoms with Crippen molar-refractivity contribution >= 4 is 5.91 Å². The Morgan fingerprint density at radius 1 is 1.32 bits per heavy atom. The molecule has 2 heterocycles. The Balaban J connectivity index is 1.64. The summed E-state index contributed by atoms with van der Waals surface area (Å²) < 4.78 is 0. The highest BCUT2D eigenvalue weighted by Crippen LogP contribution is 2.30. The quantitative estimate of drug-likeness (QED) is 0.883. The highest BCUT2D eigenvalue weighted by Gasteiger charge is 2.34. The van der Waals surface area contributed by atoms with E-state index in [1.54, 1.807) is 12.1 Å². The molecule has 1 aromatic carbocycles. The maximum atomic E-state index is 12.4. The fourth-order valence-corrected chi connectivity index (χ4v) is 3.97. The van der Waals surface area contributed by atoms with Crippen molar-refractivity contribution in [3.8, 4) is 5.75 Å². The molecule has 1 aromatic rings. The Morgan fingerprint density at radius 2 is 2.14 bits per heavy atom. The smallest absolute Gasteiger partial charge is 0.255 e. The van der Waals surface area contributed by atoms with E-state index in [-0.39, 0.29) is 17.7 Å². The van der Waals surface area contributed by atoms with E-state index < -0.39 is 0 Å². The first-order chi connectivity index (χ1) is 10.5. The second-order valence-corrected chi connectivity index (χ2v) is 6.89. The van der Waals surface area contributed by atoms with Crippen molar-refractivity contribution in [2.75, 3.05) is 6.54 Å². The normalized spacial score (nSPS) is 28.9. The van der Waals surface area contributed by atoms with E-state index in [0.717, 1.165) is 24.9 Å². The van der Waals surface area contributed by atoms with Crippen molar-refractivity contribution in [1.82, 2.24) is 10.2 Å². The number of nitrogens with zero attached hydrogens (tertiary/aromatic N) is 1. The van der Waals surface area contributed by atoms with Gasteiger partial charge in [0, 0.05) is 24.7 Å². The van der Waals surface area contributed by atoms with Crippen LogP contribution in [0.4, 0.5) is 0 Å². The summed E-state index contributed by atoms with van der Waals surface area (Å²) in [5, 5.41) is 13.0. The van der Waals surface area contributed by atoms with Gasteiger partial charge in [-0.05, 0) is 51.7 Å². The average molecular weight is 302 g/mol. The number of amides is 1. The molecule has 2 fully saturated rings. The SMILES string of the molecule is Cc1ccc(O)c(C(=O)N[C@H]2CCN3[C@H](CCC[C@H]3C)C2)c1. The van der Waals surface area contributed by atoms with Gasteiger partial charge in [0.25, 0.3) is 5.91 Å². The number of hydrogen-bond acceptors (Lipinski definition) is 3. The summed E-state index contributed by atoms with van der Waals surface area (Å²) in [6.07, 6.45) is 5.86. The number of carbonyl (C=O) groups is 1. The summed E-state index contributed by atoms with van der Waals surface area (Å²) in [7, 11) is 0. The minimum absolute atomic E-state index is 0.0619. The van der Waals surface area contributed by atoms with Crippen LogP contribution >= 0.6 is 0 Å². The molecule has 0 spiro atoms. The molecule has 3 atom stereocenters. The molecule has 1 amide bonds. The monoisotopic (exact) mass is 302 g/mol. The molecule has 0 aromatic heterocycles. The molecule has 4 heteroatoms. The minimum atomic E-state index is -0.150. The van der Waals surface area contributed by atoms with Crippen molar-refractivity contribution in [1.29, 1.82) is 0 Å². The molecule has 2 saturated heterocycles. The second-order valence-electron chi connectivity index (χ2n) is 6.89. The van der Waals surface area contributed by atoms with Gasteiger partial charge in [-0.3, -0.25) is 9.69 Å². The minimum Gasteiger partial charge on any atom is -0.507 e. The summed E-state index contributed by atoms with van der Waals surface area (Å²) >= 11 is 0. The molecule has 0 bridgehead atoms. The fourth-order valence-electron chi connectivity index (χ4n) is 3.97. The van der Waals surface area contributed by atoms with Gasteiger partial charge in [-0.2, -0.15) is 0 Å². The third-order valence-electron chi connectivity index (χ3n) is 5.22. The van der Waals surface area contributed by atoms with Gasteiger partial charge in [0.05, 0.1) is 5.56 Å². The Hall–Kier alpha value is -1.55. The summed E-state index contributed by atoms with van der Waals surface area (Å²) in [5.74, 6) is -0.0877. The van der Waals surface area contributed by atoms with Crippen molar-refractivity contribution in [3.63, 3.8) is 0 Å². The summed E-state index contributed by atoms with van der Waals surface area (Å²) in [5.41, 5.74) is 1.37. The van der Waals surface area contributed by atoms with Crippen LogP contribution in [0.15, 0.2) is 18.2 Å². The van der Waals surface area contributed by atoms with Gasteiger partial charge < -0.3 is 10.4 Å². The van der Waals surface area contributed by atoms with Gasteiger partial charge in [0.15, 0.2) is 0 Å². The van der Waals surface area contributed by atoms with Crippen LogP contribution in [0.5, 0.6) is 5.75 Å². The predicted octanol–water partition coefficient (Wildman–Crippen LogP) is 2.84. The third kappa shape index (κ3) is 3.12. The Morgan fingerprint density at radius 3 is 2.95 bits per heavy atom. The molecule has 0 radical (unpaired) electrons. The van der Waals surface area contributed by atoms with Crippen molar-refractivity contribution in [2.45, 2.75) is 64.1 Å². The van der Waals surface area contributed by atoms with Crippen LogP contribution in [0.2, 0.25) is 0 Å². The second kappa shape index (κ2) is 6.29. The van der Waals surface area contributed by atoms with Gasteiger partial charge in [-0.15, -0.1) is 0 Å². The molecule has 0 aliphatic carbocycles. The van der Waals surface area contributed by atoms with E-state index in [2.05, 4.69) is 17.1 Å². The van der Waals surface area contributed by atoms with Gasteiger partial charge in [0.1, 0.15) is 5.75 Å². The fraction of sp³-hybridized carbons (Fsp3) is 0.611. The lowest BCUT2D eigenvalue weighted by molar-refractivity contribution is 0.0457. The van der Waals surface area contributed by atoms with E-state index in [9.17, 15) is 9.90 Å². The maximum Gasteiger partial charge on any atom is 0.255 e. The number of phenolic OH excluding ortho intramolecular Hbond substituents is 1. The molecule has 3 rings (SSSR count). The van der Waals surface area contributed by atoms with Crippen LogP contribution in [-0.4, -0.2) is 40.6 Å². The van der Waals surface area contributed by atoms with Crippen LogP contribution in [-0.2, 0) is 0 Å². The van der Waals surface area contributed by atoms with Gasteiger partial charge in [-0.1, -0.05) is 18.1 Å². The number of rotatable bonds is 2. The first-order valence-corrected chi connectivity index (χ1v) is 8.41. The van der Waals surface area contributed by atoms with Crippen molar-refractivity contribution in [2.24, 2.45) is 0 Å². The number of piperidine rings is 2. The Kier molecular flexibility index (Phi) is 4.39. The van der Waals surface area contributed by atoms with Crippen LogP contribution in [0.1, 0.15) is 54.9 Å². The van der Waals surface area contributed by atoms with E-state index in [1.807, 2.05) is 13.0 Å². The average Bonchev–Trinajstić information content (AvgIpc) is 2.50. The molecule has 2 aliphatic heterocycles. The largest absolute Gasteiger partial charge is 0.507 e. The first kappa shape index (κ1) is 15.3. The summed E-state index contributed by atoms with van der Waals surface area (Å²) in [6, 6.07) is 6.66. The lowest BCUT2D eigenvalue weighted by Gasteiger charge is -2.46. The Bertz CT molecular complexity index is 558. The van der Waals surface area contributed by atoms with E-state index in [1.165, 1.54) is 19.3 Å². The first-order valence-electron chi connectivity index (χ1n) is 8.41. The topological polar surface area (TPSA) is 52.6 Å². The van der Waals surface area contributed by atoms with Crippen LogP contribution in [0, 0.1) is 6.92 Å². The van der Waals surface area contributed by atoms with Gasteiger partial charge in [-0.25, -0.2) is 0 Å². The molecule has 0 saturated carbocycles. The molecule has 4 nitrogen and oxygen atoms in total. The Labute approximate surface area is 132 Å². The van der Waals surface area contributed by atoms with E-state index >= 15 is 0 Å². The molecular weight excluding hydrogens is 276 g/mol. The highest BCUT2D eigenvalue weighted by atomic mass is 16.3. The van der Waals surface area contributed by atoms with Crippen LogP contribution in [0.3, 0.4) is 0 Å². The maximum absolute atomic E-state index is 12.4. The third-order valence-corrected chi connectivity index (χ3v) is 5.22. The zero-order valence-electron chi connectivity index (χ0n) is 13.5. The number of fused-ring (bicyclic) bond motifs is 1. The number of hydrogen-bond donors (Lipinski definition) is 2. The highest BCUT2D eigenvalue weighted by molar-refractivity contribution is 5.97. The summed E-state index contributed by atoms with van der Waals surface area (Å²) in [4.78, 5) is 15.0.